The van der Waals surface area contributed by atoms with E-state index in [0.29, 0.717) is 0 Å². The third kappa shape index (κ3) is 7.18. The topological polar surface area (TPSA) is 53.2 Å². The van der Waals surface area contributed by atoms with E-state index >= 15 is 0 Å². The summed E-state index contributed by atoms with van der Waals surface area (Å²) in [6.07, 6.45) is -0.832. The Morgan fingerprint density at radius 2 is 1.74 bits per heavy atom. The molecule has 0 aliphatic rings. The van der Waals surface area contributed by atoms with E-state index in [0.717, 1.165) is 22.4 Å². The number of amides is 1. The molecule has 1 atom stereocenters. The molecule has 0 saturated heterocycles. The summed E-state index contributed by atoms with van der Waals surface area (Å²) in [5.74, 6) is -0.292. The minimum Gasteiger partial charge on any atom is -0.339 e. The van der Waals surface area contributed by atoms with Crippen LogP contribution in [-0.2, 0) is 11.2 Å². The molecule has 0 unspecified atom stereocenters. The summed E-state index contributed by atoms with van der Waals surface area (Å²) in [4.78, 5) is 12.3. The Kier molecular flexibility index (Phi) is 7.74. The van der Waals surface area contributed by atoms with Crippen molar-refractivity contribution in [2.24, 2.45) is 0 Å². The van der Waals surface area contributed by atoms with Crippen LogP contribution >= 0.6 is 47.0 Å². The van der Waals surface area contributed by atoms with Gasteiger partial charge in [-0.2, -0.15) is 0 Å². The first kappa shape index (κ1) is 21.8. The lowest BCUT2D eigenvalue weighted by molar-refractivity contribution is -0.121. The summed E-state index contributed by atoms with van der Waals surface area (Å²) in [7, 11) is 0. The molecular weight excluding hydrogens is 425 g/mol. The van der Waals surface area contributed by atoms with Crippen molar-refractivity contribution in [3.05, 3.63) is 65.2 Å². The highest BCUT2D eigenvalue weighted by molar-refractivity contribution is 7.80. The molecule has 144 valence electrons. The number of alkyl halides is 3. The summed E-state index contributed by atoms with van der Waals surface area (Å²) in [6, 6.07) is 15.2. The fourth-order valence-corrected chi connectivity index (χ4v) is 2.99. The molecule has 0 radical (unpaired) electrons. The van der Waals surface area contributed by atoms with Crippen LogP contribution in [0.15, 0.2) is 48.5 Å². The number of hydrogen-bond donors (Lipinski definition) is 3. The Bertz CT molecular complexity index is 810. The van der Waals surface area contributed by atoms with Gasteiger partial charge in [-0.3, -0.25) is 4.79 Å². The van der Waals surface area contributed by atoms with Crippen molar-refractivity contribution < 1.29 is 4.79 Å². The van der Waals surface area contributed by atoms with Crippen molar-refractivity contribution >= 4 is 63.7 Å². The van der Waals surface area contributed by atoms with Crippen molar-refractivity contribution in [3.63, 3.8) is 0 Å². The molecule has 8 heteroatoms. The Morgan fingerprint density at radius 3 is 2.33 bits per heavy atom. The average molecular weight is 445 g/mol. The molecule has 2 rings (SSSR count). The van der Waals surface area contributed by atoms with E-state index in [1.165, 1.54) is 0 Å². The fourth-order valence-electron chi connectivity index (χ4n) is 2.44. The highest BCUT2D eigenvalue weighted by Gasteiger charge is 2.34. The van der Waals surface area contributed by atoms with Crippen molar-refractivity contribution in [2.45, 2.75) is 30.2 Å². The molecule has 0 saturated carbocycles. The molecule has 0 aliphatic heterocycles. The van der Waals surface area contributed by atoms with Gasteiger partial charge in [0, 0.05) is 5.69 Å². The summed E-state index contributed by atoms with van der Waals surface area (Å²) >= 11 is 23.3. The molecule has 3 N–H and O–H groups in total. The zero-order valence-electron chi connectivity index (χ0n) is 14.9. The number of aryl methyl sites for hydroxylation is 2. The number of nitrogens with one attached hydrogen (secondary N) is 3. The molecule has 27 heavy (non-hydrogen) atoms. The lowest BCUT2D eigenvalue weighted by Gasteiger charge is -2.28. The first-order valence-corrected chi connectivity index (χ1v) is 9.74. The van der Waals surface area contributed by atoms with Crippen LogP contribution in [0.5, 0.6) is 0 Å². The van der Waals surface area contributed by atoms with Crippen LogP contribution < -0.4 is 16.0 Å². The zero-order chi connectivity index (χ0) is 20.0. The second-order valence-corrected chi connectivity index (χ2v) is 8.90. The van der Waals surface area contributed by atoms with E-state index in [1.807, 2.05) is 62.4 Å². The van der Waals surface area contributed by atoms with Crippen molar-refractivity contribution in [1.29, 1.82) is 0 Å². The largest absolute Gasteiger partial charge is 0.339 e. The van der Waals surface area contributed by atoms with Crippen LogP contribution in [0, 0.1) is 13.8 Å². The van der Waals surface area contributed by atoms with E-state index in [9.17, 15) is 4.79 Å². The predicted molar refractivity (Wildman–Crippen MR) is 118 cm³/mol. The van der Waals surface area contributed by atoms with Crippen LogP contribution in [0.2, 0.25) is 0 Å². The zero-order valence-corrected chi connectivity index (χ0v) is 17.9. The summed E-state index contributed by atoms with van der Waals surface area (Å²) in [6.45, 7) is 3.97. The smallest absolute Gasteiger partial charge is 0.228 e. The van der Waals surface area contributed by atoms with Crippen molar-refractivity contribution in [1.82, 2.24) is 10.6 Å². The normalized spacial score (nSPS) is 12.2. The fraction of sp³-hybridized carbons (Fsp3) is 0.263. The van der Waals surface area contributed by atoms with Gasteiger partial charge < -0.3 is 16.0 Å². The van der Waals surface area contributed by atoms with Gasteiger partial charge in [0.15, 0.2) is 5.11 Å². The Labute approximate surface area is 179 Å². The molecular formula is C19H20Cl3N3OS. The molecule has 4 nitrogen and oxygen atoms in total. The Morgan fingerprint density at radius 1 is 1.07 bits per heavy atom. The van der Waals surface area contributed by atoms with Gasteiger partial charge in [-0.25, -0.2) is 0 Å². The van der Waals surface area contributed by atoms with Gasteiger partial charge >= 0.3 is 0 Å². The van der Waals surface area contributed by atoms with E-state index in [1.54, 1.807) is 0 Å². The summed E-state index contributed by atoms with van der Waals surface area (Å²) in [5, 5.41) is 8.82. The maximum atomic E-state index is 12.3. The summed E-state index contributed by atoms with van der Waals surface area (Å²) < 4.78 is -1.79. The number of rotatable bonds is 5. The highest BCUT2D eigenvalue weighted by atomic mass is 35.6. The van der Waals surface area contributed by atoms with Gasteiger partial charge in [-0.05, 0) is 43.3 Å². The maximum absolute atomic E-state index is 12.3. The molecule has 0 heterocycles. The number of halogens is 3. The predicted octanol–water partition coefficient (Wildman–Crippen LogP) is 4.65. The second-order valence-electron chi connectivity index (χ2n) is 6.12. The van der Waals surface area contributed by atoms with E-state index < -0.39 is 9.96 Å². The van der Waals surface area contributed by atoms with Gasteiger partial charge in [0.1, 0.15) is 6.17 Å². The first-order chi connectivity index (χ1) is 12.6. The SMILES string of the molecule is Cc1ccc(NC(=S)N[C@H](NC(=O)Cc2ccccc2)C(Cl)(Cl)Cl)c(C)c1. The van der Waals surface area contributed by atoms with E-state index in [4.69, 9.17) is 47.0 Å². The standard InChI is InChI=1S/C19H20Cl3N3OS/c1-12-8-9-15(13(2)10-12)23-18(27)25-17(19(20,21)22)24-16(26)11-14-6-4-3-5-7-14/h3-10,17H,11H2,1-2H3,(H,24,26)(H2,23,25,27)/t17-/m0/s1. The quantitative estimate of drug-likeness (QED) is 0.357. The molecule has 0 spiro atoms. The lowest BCUT2D eigenvalue weighted by Crippen LogP contribution is -2.56. The minimum absolute atomic E-state index is 0.164. The number of thiocarbonyl (C=S) groups is 1. The first-order valence-electron chi connectivity index (χ1n) is 8.20. The third-order valence-corrected chi connectivity index (χ3v) is 4.62. The van der Waals surface area contributed by atoms with Crippen molar-refractivity contribution in [2.75, 3.05) is 5.32 Å². The number of hydrogen-bond acceptors (Lipinski definition) is 2. The van der Waals surface area contributed by atoms with Gasteiger partial charge in [0.2, 0.25) is 9.70 Å². The Balaban J connectivity index is 2.01. The van der Waals surface area contributed by atoms with Gasteiger partial charge in [-0.1, -0.05) is 82.8 Å². The van der Waals surface area contributed by atoms with Crippen molar-refractivity contribution in [3.8, 4) is 0 Å². The number of carbonyl (C=O) groups excluding carboxylic acids is 1. The number of carbonyl (C=O) groups is 1. The van der Waals surface area contributed by atoms with Gasteiger partial charge in [-0.15, -0.1) is 0 Å². The van der Waals surface area contributed by atoms with Gasteiger partial charge in [0.05, 0.1) is 6.42 Å². The third-order valence-electron chi connectivity index (χ3n) is 3.75. The molecule has 0 fully saturated rings. The van der Waals surface area contributed by atoms with E-state index in [-0.39, 0.29) is 17.4 Å². The summed E-state index contributed by atoms with van der Waals surface area (Å²) in [5.41, 5.74) is 3.85. The Hall–Kier alpha value is -1.53. The average Bonchev–Trinajstić information content (AvgIpc) is 2.57. The van der Waals surface area contributed by atoms with E-state index in [2.05, 4.69) is 16.0 Å². The highest BCUT2D eigenvalue weighted by Crippen LogP contribution is 2.29. The molecule has 2 aromatic carbocycles. The monoisotopic (exact) mass is 443 g/mol. The number of anilines is 1. The molecule has 2 aromatic rings. The van der Waals surface area contributed by atoms with Crippen LogP contribution in [-0.4, -0.2) is 21.0 Å². The van der Waals surface area contributed by atoms with Crippen LogP contribution in [0.3, 0.4) is 0 Å². The second kappa shape index (κ2) is 9.60. The lowest BCUT2D eigenvalue weighted by atomic mass is 10.1. The maximum Gasteiger partial charge on any atom is 0.228 e. The minimum atomic E-state index is -1.79. The molecule has 0 aromatic heterocycles. The van der Waals surface area contributed by atoms with Gasteiger partial charge in [0.25, 0.3) is 0 Å². The molecule has 1 amide bonds. The molecule has 0 aliphatic carbocycles. The number of benzene rings is 2. The van der Waals surface area contributed by atoms with Crippen LogP contribution in [0.1, 0.15) is 16.7 Å². The van der Waals surface area contributed by atoms with Crippen LogP contribution in [0.4, 0.5) is 5.69 Å². The molecule has 0 bridgehead atoms. The van der Waals surface area contributed by atoms with Crippen LogP contribution in [0.25, 0.3) is 0 Å².